The zero-order valence-corrected chi connectivity index (χ0v) is 20.5. The molecule has 0 spiro atoms. The number of amides is 2. The van der Waals surface area contributed by atoms with Crippen LogP contribution in [0.5, 0.6) is 5.75 Å². The van der Waals surface area contributed by atoms with Crippen LogP contribution in [-0.4, -0.2) is 63.7 Å². The first-order valence-corrected chi connectivity index (χ1v) is 11.4. The first-order chi connectivity index (χ1) is 16.6. The van der Waals surface area contributed by atoms with Gasteiger partial charge in [0.1, 0.15) is 11.3 Å². The molecule has 0 atom stereocenters. The highest BCUT2D eigenvalue weighted by atomic mass is 16.6. The highest BCUT2D eigenvalue weighted by molar-refractivity contribution is 5.94. The normalized spacial score (nSPS) is 11.2. The second-order valence-corrected chi connectivity index (χ2v) is 8.41. The number of anilines is 2. The van der Waals surface area contributed by atoms with Gasteiger partial charge in [0.15, 0.2) is 5.75 Å². The van der Waals surface area contributed by atoms with Crippen molar-refractivity contribution >= 4 is 23.4 Å². The summed E-state index contributed by atoms with van der Waals surface area (Å²) in [6, 6.07) is 6.47. The van der Waals surface area contributed by atoms with E-state index in [1.54, 1.807) is 52.0 Å². The molecule has 192 valence electrons. The molecule has 35 heavy (non-hydrogen) atoms. The molecular weight excluding hydrogens is 458 g/mol. The fourth-order valence-electron chi connectivity index (χ4n) is 2.82. The molecule has 0 bridgehead atoms. The van der Waals surface area contributed by atoms with E-state index in [1.807, 2.05) is 0 Å². The van der Waals surface area contributed by atoms with Crippen LogP contribution in [0.25, 0.3) is 0 Å². The second kappa shape index (κ2) is 13.4. The molecule has 2 rings (SSSR count). The van der Waals surface area contributed by atoms with Crippen LogP contribution >= 0.6 is 0 Å². The third-order valence-electron chi connectivity index (χ3n) is 4.39. The fourth-order valence-corrected chi connectivity index (χ4v) is 2.82. The number of alkyl carbamates (subject to hydrolysis) is 1. The molecule has 3 N–H and O–H groups in total. The van der Waals surface area contributed by atoms with E-state index in [0.717, 1.165) is 0 Å². The molecule has 0 aliphatic carbocycles. The van der Waals surface area contributed by atoms with Crippen LogP contribution in [0.4, 0.5) is 16.2 Å². The van der Waals surface area contributed by atoms with Crippen LogP contribution in [0.15, 0.2) is 33.9 Å². The molecule has 0 aliphatic heterocycles. The summed E-state index contributed by atoms with van der Waals surface area (Å²) in [6.45, 7) is 9.38. The Morgan fingerprint density at radius 1 is 0.857 bits per heavy atom. The molecule has 0 aromatic heterocycles. The molecule has 0 unspecified atom stereocenters. The lowest BCUT2D eigenvalue weighted by atomic mass is 10.1. The maximum atomic E-state index is 12.2. The Morgan fingerprint density at radius 3 is 2.03 bits per heavy atom. The summed E-state index contributed by atoms with van der Waals surface area (Å²) in [6.07, 6.45) is -0.489. The monoisotopic (exact) mass is 491 g/mol. The Hall–Kier alpha value is -3.44. The predicted octanol–water partition coefficient (Wildman–Crippen LogP) is 1.71. The van der Waals surface area contributed by atoms with Crippen LogP contribution < -0.4 is 31.5 Å². The van der Waals surface area contributed by atoms with Crippen molar-refractivity contribution in [2.24, 2.45) is 0 Å². The molecule has 2 amide bonds. The lowest BCUT2D eigenvalue weighted by molar-refractivity contribution is 0.0400. The number of benzene rings is 1. The van der Waals surface area contributed by atoms with E-state index in [2.05, 4.69) is 16.0 Å². The highest BCUT2D eigenvalue weighted by Crippen LogP contribution is 2.22. The zero-order valence-electron chi connectivity index (χ0n) is 20.5. The van der Waals surface area contributed by atoms with Crippen LogP contribution in [0.1, 0.15) is 38.1 Å². The summed E-state index contributed by atoms with van der Waals surface area (Å²) in [5.74, 6) is -0.240. The van der Waals surface area contributed by atoms with Gasteiger partial charge in [0.05, 0.1) is 33.0 Å². The van der Waals surface area contributed by atoms with Gasteiger partial charge in [0, 0.05) is 24.3 Å². The summed E-state index contributed by atoms with van der Waals surface area (Å²) < 4.78 is 21.0. The summed E-state index contributed by atoms with van der Waals surface area (Å²) in [5, 5.41) is 8.19. The Balaban J connectivity index is 1.57. The molecule has 11 heteroatoms. The molecule has 0 radical (unpaired) electrons. The van der Waals surface area contributed by atoms with Crippen molar-refractivity contribution in [2.75, 3.05) is 51.4 Å². The van der Waals surface area contributed by atoms with E-state index in [1.165, 1.54) is 0 Å². The number of carbonyl (C=O) groups is 2. The third-order valence-corrected chi connectivity index (χ3v) is 4.39. The van der Waals surface area contributed by atoms with E-state index in [0.29, 0.717) is 50.8 Å². The van der Waals surface area contributed by atoms with Crippen molar-refractivity contribution in [1.29, 1.82) is 0 Å². The summed E-state index contributed by atoms with van der Waals surface area (Å²) in [4.78, 5) is 46.9. The van der Waals surface area contributed by atoms with Crippen LogP contribution in [-0.2, 0) is 14.2 Å². The summed E-state index contributed by atoms with van der Waals surface area (Å²) >= 11 is 0. The van der Waals surface area contributed by atoms with E-state index in [-0.39, 0.29) is 24.0 Å². The maximum absolute atomic E-state index is 12.2. The van der Waals surface area contributed by atoms with Gasteiger partial charge in [0.25, 0.3) is 16.8 Å². The van der Waals surface area contributed by atoms with Gasteiger partial charge < -0.3 is 34.9 Å². The molecule has 0 fully saturated rings. The SMILES string of the molecule is CCOc1c(Nc2ccc(C(=O)NCCOCCOCCNC(=O)OC(C)(C)C)cc2)c(=O)c1=O. The Morgan fingerprint density at radius 2 is 1.46 bits per heavy atom. The summed E-state index contributed by atoms with van der Waals surface area (Å²) in [5.41, 5.74) is -0.700. The first-order valence-electron chi connectivity index (χ1n) is 11.4. The third kappa shape index (κ3) is 9.38. The maximum Gasteiger partial charge on any atom is 0.407 e. The van der Waals surface area contributed by atoms with Gasteiger partial charge in [-0.15, -0.1) is 0 Å². The first kappa shape index (κ1) is 27.8. The number of nitrogens with one attached hydrogen (secondary N) is 3. The Bertz CT molecular complexity index is 1040. The van der Waals surface area contributed by atoms with Gasteiger partial charge in [0.2, 0.25) is 0 Å². The standard InChI is InChI=1S/C24H33N3O8/c1-5-34-21-18(19(28)20(21)29)27-17-8-6-16(7-9-17)22(30)25-10-12-32-14-15-33-13-11-26-23(31)35-24(2,3)4/h6-9,27H,5,10-15H2,1-4H3,(H,25,30)(H,26,31). The van der Waals surface area contributed by atoms with Crippen molar-refractivity contribution < 1.29 is 28.5 Å². The molecular formula is C24H33N3O8. The van der Waals surface area contributed by atoms with Gasteiger partial charge >= 0.3 is 6.09 Å². The molecule has 0 saturated carbocycles. The molecule has 2 aromatic rings. The minimum atomic E-state index is -0.644. The molecule has 0 aliphatic rings. The molecule has 2 aromatic carbocycles. The van der Waals surface area contributed by atoms with Gasteiger partial charge in [-0.3, -0.25) is 14.4 Å². The minimum absolute atomic E-state index is 0.0298. The predicted molar refractivity (Wildman–Crippen MR) is 130 cm³/mol. The number of hydrogen-bond acceptors (Lipinski definition) is 9. The van der Waals surface area contributed by atoms with Crippen molar-refractivity contribution in [3.05, 3.63) is 50.3 Å². The van der Waals surface area contributed by atoms with Gasteiger partial charge in [-0.05, 0) is 52.0 Å². The average Bonchev–Trinajstić information content (AvgIpc) is 2.81. The van der Waals surface area contributed by atoms with E-state index < -0.39 is 22.6 Å². The second-order valence-electron chi connectivity index (χ2n) is 8.41. The van der Waals surface area contributed by atoms with Crippen molar-refractivity contribution in [2.45, 2.75) is 33.3 Å². The van der Waals surface area contributed by atoms with E-state index in [9.17, 15) is 19.2 Å². The molecule has 11 nitrogen and oxygen atoms in total. The quantitative estimate of drug-likeness (QED) is 0.266. The molecule has 0 heterocycles. The fraction of sp³-hybridized carbons (Fsp3) is 0.500. The lowest BCUT2D eigenvalue weighted by Crippen LogP contribution is -2.35. The van der Waals surface area contributed by atoms with Gasteiger partial charge in [-0.2, -0.15) is 0 Å². The van der Waals surface area contributed by atoms with Gasteiger partial charge in [-0.25, -0.2) is 4.79 Å². The zero-order chi connectivity index (χ0) is 25.8. The summed E-state index contributed by atoms with van der Waals surface area (Å²) in [7, 11) is 0. The topological polar surface area (TPSA) is 141 Å². The van der Waals surface area contributed by atoms with E-state index >= 15 is 0 Å². The highest BCUT2D eigenvalue weighted by Gasteiger charge is 2.22. The lowest BCUT2D eigenvalue weighted by Gasteiger charge is -2.19. The average molecular weight is 492 g/mol. The van der Waals surface area contributed by atoms with Crippen LogP contribution in [0, 0.1) is 0 Å². The van der Waals surface area contributed by atoms with E-state index in [4.69, 9.17) is 18.9 Å². The molecule has 0 saturated heterocycles. The smallest absolute Gasteiger partial charge is 0.407 e. The number of hydrogen-bond donors (Lipinski definition) is 3. The Labute approximate surface area is 203 Å². The van der Waals surface area contributed by atoms with Crippen molar-refractivity contribution in [3.8, 4) is 5.75 Å². The number of ether oxygens (including phenoxy) is 4. The van der Waals surface area contributed by atoms with Crippen molar-refractivity contribution in [3.63, 3.8) is 0 Å². The number of rotatable bonds is 14. The van der Waals surface area contributed by atoms with Crippen LogP contribution in [0.2, 0.25) is 0 Å². The minimum Gasteiger partial charge on any atom is -0.488 e. The largest absolute Gasteiger partial charge is 0.488 e. The Kier molecular flexibility index (Phi) is 10.7. The van der Waals surface area contributed by atoms with Crippen molar-refractivity contribution in [1.82, 2.24) is 10.6 Å². The van der Waals surface area contributed by atoms with Crippen LogP contribution in [0.3, 0.4) is 0 Å². The van der Waals surface area contributed by atoms with Gasteiger partial charge in [-0.1, -0.05) is 0 Å². The number of carbonyl (C=O) groups excluding carboxylic acids is 2.